The van der Waals surface area contributed by atoms with Gasteiger partial charge in [-0.15, -0.1) is 11.8 Å². The molecule has 3 rings (SSSR count). The summed E-state index contributed by atoms with van der Waals surface area (Å²) in [7, 11) is -3.58. The van der Waals surface area contributed by atoms with Crippen molar-refractivity contribution >= 4 is 49.1 Å². The van der Waals surface area contributed by atoms with Gasteiger partial charge in [-0.2, -0.15) is 0 Å². The molecule has 4 nitrogen and oxygen atoms in total. The van der Waals surface area contributed by atoms with Gasteiger partial charge in [0.2, 0.25) is 0 Å². The Balaban J connectivity index is 2.11. The van der Waals surface area contributed by atoms with Gasteiger partial charge in [0.25, 0.3) is 10.0 Å². The molecule has 2 N–H and O–H groups in total. The Morgan fingerprint density at radius 2 is 2.00 bits per heavy atom. The summed E-state index contributed by atoms with van der Waals surface area (Å²) in [6, 6.07) is 12.1. The van der Waals surface area contributed by atoms with E-state index in [1.54, 1.807) is 48.2 Å². The molecule has 0 bridgehead atoms. The van der Waals surface area contributed by atoms with Crippen molar-refractivity contribution in [3.63, 3.8) is 0 Å². The zero-order valence-corrected chi connectivity index (χ0v) is 14.2. The lowest BCUT2D eigenvalue weighted by Gasteiger charge is -2.30. The van der Waals surface area contributed by atoms with Crippen molar-refractivity contribution in [2.45, 2.75) is 9.79 Å². The van der Waals surface area contributed by atoms with Gasteiger partial charge in [0.1, 0.15) is 0 Å². The first kappa shape index (κ1) is 14.7. The van der Waals surface area contributed by atoms with Crippen molar-refractivity contribution in [2.75, 3.05) is 22.3 Å². The molecule has 2 aromatic rings. The minimum absolute atomic E-state index is 0.275. The zero-order chi connectivity index (χ0) is 15.0. The third kappa shape index (κ3) is 2.77. The van der Waals surface area contributed by atoms with Crippen LogP contribution in [0.15, 0.2) is 56.7 Å². The van der Waals surface area contributed by atoms with Crippen molar-refractivity contribution in [3.8, 4) is 0 Å². The van der Waals surface area contributed by atoms with E-state index in [2.05, 4.69) is 15.9 Å². The summed E-state index contributed by atoms with van der Waals surface area (Å²) < 4.78 is 27.9. The van der Waals surface area contributed by atoms with E-state index >= 15 is 0 Å². The van der Waals surface area contributed by atoms with Gasteiger partial charge in [0, 0.05) is 27.4 Å². The average Bonchev–Trinajstić information content (AvgIpc) is 2.46. The first-order valence-electron chi connectivity index (χ1n) is 6.29. The number of fused-ring (bicyclic) bond motifs is 1. The number of benzene rings is 2. The number of rotatable bonds is 2. The highest BCUT2D eigenvalue weighted by molar-refractivity contribution is 9.10. The fourth-order valence-electron chi connectivity index (χ4n) is 2.21. The van der Waals surface area contributed by atoms with E-state index in [1.807, 2.05) is 6.07 Å². The normalized spacial score (nSPS) is 14.8. The topological polar surface area (TPSA) is 63.4 Å². The van der Waals surface area contributed by atoms with E-state index in [4.69, 9.17) is 5.73 Å². The van der Waals surface area contributed by atoms with Crippen molar-refractivity contribution in [1.82, 2.24) is 0 Å². The second-order valence-electron chi connectivity index (χ2n) is 4.61. The van der Waals surface area contributed by atoms with Crippen LogP contribution in [0.5, 0.6) is 0 Å². The molecule has 0 amide bonds. The maximum absolute atomic E-state index is 12.9. The van der Waals surface area contributed by atoms with E-state index in [0.717, 1.165) is 15.1 Å². The largest absolute Gasteiger partial charge is 0.399 e. The molecule has 1 aliphatic rings. The lowest BCUT2D eigenvalue weighted by atomic mass is 10.3. The summed E-state index contributed by atoms with van der Waals surface area (Å²) in [4.78, 5) is 1.21. The van der Waals surface area contributed by atoms with Crippen LogP contribution in [-0.2, 0) is 10.0 Å². The van der Waals surface area contributed by atoms with Gasteiger partial charge < -0.3 is 5.73 Å². The average molecular weight is 385 g/mol. The van der Waals surface area contributed by atoms with Crippen LogP contribution in [0.2, 0.25) is 0 Å². The van der Waals surface area contributed by atoms with Crippen LogP contribution in [0.4, 0.5) is 11.4 Å². The Kier molecular flexibility index (Phi) is 3.90. The zero-order valence-electron chi connectivity index (χ0n) is 11.0. The molecule has 0 radical (unpaired) electrons. The predicted octanol–water partition coefficient (Wildman–Crippen LogP) is 3.33. The first-order valence-corrected chi connectivity index (χ1v) is 9.51. The minimum Gasteiger partial charge on any atom is -0.399 e. The van der Waals surface area contributed by atoms with Crippen LogP contribution in [-0.4, -0.2) is 20.7 Å². The van der Waals surface area contributed by atoms with Crippen LogP contribution >= 0.6 is 27.7 Å². The highest BCUT2D eigenvalue weighted by Gasteiger charge is 2.29. The molecule has 0 saturated carbocycles. The number of nitrogens with two attached hydrogens (primary N) is 1. The van der Waals surface area contributed by atoms with Gasteiger partial charge in [-0.3, -0.25) is 4.31 Å². The maximum atomic E-state index is 12.9. The molecule has 7 heteroatoms. The molecule has 0 atom stereocenters. The van der Waals surface area contributed by atoms with Gasteiger partial charge >= 0.3 is 0 Å². The second kappa shape index (κ2) is 5.55. The fraction of sp³-hybridized carbons (Fsp3) is 0.143. The SMILES string of the molecule is Nc1ccc2c(c1)N(S(=O)(=O)c1cccc(Br)c1)CCS2. The number of hydrogen-bond donors (Lipinski definition) is 1. The molecule has 0 aromatic heterocycles. The number of nitrogens with zero attached hydrogens (tertiary/aromatic N) is 1. The Hall–Kier alpha value is -1.18. The van der Waals surface area contributed by atoms with Crippen molar-refractivity contribution in [3.05, 3.63) is 46.9 Å². The molecular formula is C14H13BrN2O2S2. The first-order chi connectivity index (χ1) is 9.98. The van der Waals surface area contributed by atoms with Crippen LogP contribution in [0.3, 0.4) is 0 Å². The number of halogens is 1. The molecule has 1 aliphatic heterocycles. The molecular weight excluding hydrogens is 372 g/mol. The Morgan fingerprint density at radius 3 is 2.76 bits per heavy atom. The lowest BCUT2D eigenvalue weighted by Crippen LogP contribution is -2.35. The summed E-state index contributed by atoms with van der Waals surface area (Å²) in [5.74, 6) is 0.726. The Bertz CT molecular complexity index is 793. The number of nitrogen functional groups attached to an aromatic ring is 1. The fourth-order valence-corrected chi connectivity index (χ4v) is 5.44. The van der Waals surface area contributed by atoms with Crippen molar-refractivity contribution < 1.29 is 8.42 Å². The van der Waals surface area contributed by atoms with Crippen LogP contribution < -0.4 is 10.0 Å². The minimum atomic E-state index is -3.58. The highest BCUT2D eigenvalue weighted by atomic mass is 79.9. The smallest absolute Gasteiger partial charge is 0.264 e. The molecule has 0 spiro atoms. The highest BCUT2D eigenvalue weighted by Crippen LogP contribution is 2.39. The Labute approximate surface area is 136 Å². The van der Waals surface area contributed by atoms with Crippen molar-refractivity contribution in [1.29, 1.82) is 0 Å². The van der Waals surface area contributed by atoms with Crippen LogP contribution in [0.1, 0.15) is 0 Å². The number of thioether (sulfide) groups is 1. The quantitative estimate of drug-likeness (QED) is 0.806. The predicted molar refractivity (Wildman–Crippen MR) is 90.3 cm³/mol. The van der Waals surface area contributed by atoms with E-state index < -0.39 is 10.0 Å². The van der Waals surface area contributed by atoms with E-state index in [0.29, 0.717) is 17.9 Å². The second-order valence-corrected chi connectivity index (χ2v) is 8.52. The van der Waals surface area contributed by atoms with E-state index in [-0.39, 0.29) is 4.90 Å². The van der Waals surface area contributed by atoms with Gasteiger partial charge in [-0.1, -0.05) is 22.0 Å². The van der Waals surface area contributed by atoms with Gasteiger partial charge in [0.15, 0.2) is 0 Å². The summed E-state index contributed by atoms with van der Waals surface area (Å²) >= 11 is 4.96. The molecule has 0 aliphatic carbocycles. The number of anilines is 2. The molecule has 0 saturated heterocycles. The summed E-state index contributed by atoms with van der Waals surface area (Å²) in [5.41, 5.74) is 7.03. The standard InChI is InChI=1S/C14H13BrN2O2S2/c15-10-2-1-3-12(8-10)21(18,19)17-6-7-20-14-5-4-11(16)9-13(14)17/h1-5,8-9H,6-7,16H2. The molecule has 2 aromatic carbocycles. The third-order valence-corrected chi connectivity index (χ3v) is 6.53. The summed E-state index contributed by atoms with van der Waals surface area (Å²) in [6.45, 7) is 0.440. The van der Waals surface area contributed by atoms with Crippen molar-refractivity contribution in [2.24, 2.45) is 0 Å². The summed E-state index contributed by atoms with van der Waals surface area (Å²) in [6.07, 6.45) is 0. The summed E-state index contributed by atoms with van der Waals surface area (Å²) in [5, 5.41) is 0. The molecule has 21 heavy (non-hydrogen) atoms. The van der Waals surface area contributed by atoms with Gasteiger partial charge in [0.05, 0.1) is 10.6 Å². The molecule has 0 fully saturated rings. The third-order valence-electron chi connectivity index (χ3n) is 3.19. The molecule has 0 unspecified atom stereocenters. The van der Waals surface area contributed by atoms with Crippen LogP contribution in [0.25, 0.3) is 0 Å². The molecule has 110 valence electrons. The van der Waals surface area contributed by atoms with Crippen LogP contribution in [0, 0.1) is 0 Å². The van der Waals surface area contributed by atoms with E-state index in [1.165, 1.54) is 4.31 Å². The Morgan fingerprint density at radius 1 is 1.19 bits per heavy atom. The van der Waals surface area contributed by atoms with Gasteiger partial charge in [-0.25, -0.2) is 8.42 Å². The maximum Gasteiger partial charge on any atom is 0.264 e. The number of sulfonamides is 1. The van der Waals surface area contributed by atoms with E-state index in [9.17, 15) is 8.42 Å². The lowest BCUT2D eigenvalue weighted by molar-refractivity contribution is 0.591. The number of hydrogen-bond acceptors (Lipinski definition) is 4. The van der Waals surface area contributed by atoms with Gasteiger partial charge in [-0.05, 0) is 36.4 Å². The monoisotopic (exact) mass is 384 g/mol. The molecule has 1 heterocycles.